The van der Waals surface area contributed by atoms with E-state index in [9.17, 15) is 9.59 Å². The van der Waals surface area contributed by atoms with Gasteiger partial charge in [-0.05, 0) is 30.2 Å². The maximum Gasteiger partial charge on any atom is 0.245 e. The van der Waals surface area contributed by atoms with Crippen LogP contribution in [0.3, 0.4) is 0 Å². The number of hydrogen-bond donors (Lipinski definition) is 1. The molecule has 2 aromatic rings. The number of carbonyl (C=O) groups excluding carboxylic acids is 2. The van der Waals surface area contributed by atoms with Crippen LogP contribution in [-0.2, 0) is 19.7 Å². The van der Waals surface area contributed by atoms with E-state index in [0.29, 0.717) is 25.4 Å². The topological polar surface area (TPSA) is 85.7 Å². The molecule has 2 rings (SSSR count). The Balaban J connectivity index is 2.27. The summed E-state index contributed by atoms with van der Waals surface area (Å²) in [4.78, 5) is 27.0. The number of methoxy groups -OCH3 is 2. The maximum atomic E-state index is 12.9. The summed E-state index contributed by atoms with van der Waals surface area (Å²) in [6.07, 6.45) is 0.384. The van der Waals surface area contributed by atoms with Gasteiger partial charge in [0.2, 0.25) is 11.8 Å². The largest absolute Gasteiger partial charge is 0.497 e. The molecule has 0 saturated carbocycles. The van der Waals surface area contributed by atoms with Crippen LogP contribution in [0.1, 0.15) is 46.7 Å². The van der Waals surface area contributed by atoms with E-state index < -0.39 is 0 Å². The number of aromatic nitrogens is 2. The van der Waals surface area contributed by atoms with Crippen LogP contribution in [0.4, 0.5) is 5.82 Å². The van der Waals surface area contributed by atoms with Gasteiger partial charge >= 0.3 is 0 Å². The van der Waals surface area contributed by atoms with Gasteiger partial charge < -0.3 is 19.7 Å². The third-order valence-electron chi connectivity index (χ3n) is 4.90. The molecule has 176 valence electrons. The molecule has 8 heteroatoms. The quantitative estimate of drug-likeness (QED) is 0.605. The van der Waals surface area contributed by atoms with Crippen LogP contribution in [0.2, 0.25) is 0 Å². The maximum absolute atomic E-state index is 12.9. The highest BCUT2D eigenvalue weighted by atomic mass is 16.5. The van der Waals surface area contributed by atoms with Crippen LogP contribution in [0.25, 0.3) is 5.69 Å². The second-order valence-electron chi connectivity index (χ2n) is 9.23. The first kappa shape index (κ1) is 25.4. The highest BCUT2D eigenvalue weighted by molar-refractivity contribution is 5.94. The molecule has 0 aliphatic rings. The van der Waals surface area contributed by atoms with E-state index in [-0.39, 0.29) is 29.7 Å². The highest BCUT2D eigenvalue weighted by Gasteiger charge is 2.23. The lowest BCUT2D eigenvalue weighted by Gasteiger charge is -2.23. The van der Waals surface area contributed by atoms with Gasteiger partial charge in [-0.3, -0.25) is 9.59 Å². The fourth-order valence-corrected chi connectivity index (χ4v) is 3.08. The van der Waals surface area contributed by atoms with Crippen LogP contribution < -0.4 is 10.1 Å². The lowest BCUT2D eigenvalue weighted by Crippen LogP contribution is -2.40. The number of anilines is 1. The molecule has 32 heavy (non-hydrogen) atoms. The van der Waals surface area contributed by atoms with Crippen LogP contribution >= 0.6 is 0 Å². The minimum absolute atomic E-state index is 0.0481. The van der Waals surface area contributed by atoms with Gasteiger partial charge in [-0.25, -0.2) is 4.68 Å². The first-order valence-corrected chi connectivity index (χ1v) is 10.9. The zero-order valence-corrected chi connectivity index (χ0v) is 20.3. The molecule has 1 N–H and O–H groups in total. The van der Waals surface area contributed by atoms with E-state index >= 15 is 0 Å². The van der Waals surface area contributed by atoms with E-state index in [0.717, 1.165) is 17.1 Å². The molecule has 1 aromatic carbocycles. The molecule has 0 unspecified atom stereocenters. The predicted molar refractivity (Wildman–Crippen MR) is 125 cm³/mol. The molecule has 0 saturated heterocycles. The monoisotopic (exact) mass is 444 g/mol. The molecule has 1 aromatic heterocycles. The Morgan fingerprint density at radius 3 is 2.34 bits per heavy atom. The van der Waals surface area contributed by atoms with Crippen molar-refractivity contribution in [3.05, 3.63) is 36.0 Å². The zero-order valence-electron chi connectivity index (χ0n) is 20.3. The Kier molecular flexibility index (Phi) is 8.83. The van der Waals surface area contributed by atoms with Gasteiger partial charge in [0.05, 0.1) is 31.6 Å². The van der Waals surface area contributed by atoms with Crippen LogP contribution in [0.15, 0.2) is 30.3 Å². The van der Waals surface area contributed by atoms with E-state index in [2.05, 4.69) is 26.1 Å². The van der Waals surface area contributed by atoms with Crippen molar-refractivity contribution in [1.82, 2.24) is 14.7 Å². The number of nitrogens with one attached hydrogen (secondary N) is 1. The predicted octanol–water partition coefficient (Wildman–Crippen LogP) is 3.64. The van der Waals surface area contributed by atoms with Crippen molar-refractivity contribution < 1.29 is 19.1 Å². The second-order valence-corrected chi connectivity index (χ2v) is 9.23. The average molecular weight is 445 g/mol. The lowest BCUT2D eigenvalue weighted by atomic mass is 9.92. The lowest BCUT2D eigenvalue weighted by molar-refractivity contribution is -0.136. The second kappa shape index (κ2) is 11.1. The molecular weight excluding hydrogens is 408 g/mol. The number of rotatable bonds is 10. The Hall–Kier alpha value is -2.87. The highest BCUT2D eigenvalue weighted by Crippen LogP contribution is 2.27. The Morgan fingerprint density at radius 1 is 1.16 bits per heavy atom. The third-order valence-corrected chi connectivity index (χ3v) is 4.90. The van der Waals surface area contributed by atoms with Gasteiger partial charge in [-0.1, -0.05) is 34.6 Å². The molecule has 0 spiro atoms. The van der Waals surface area contributed by atoms with Gasteiger partial charge in [0.25, 0.3) is 0 Å². The summed E-state index contributed by atoms with van der Waals surface area (Å²) in [5.41, 5.74) is 1.44. The molecule has 0 aliphatic carbocycles. The summed E-state index contributed by atoms with van der Waals surface area (Å²) in [6.45, 7) is 10.8. The summed E-state index contributed by atoms with van der Waals surface area (Å²) < 4.78 is 12.1. The van der Waals surface area contributed by atoms with Crippen molar-refractivity contribution >= 4 is 17.6 Å². The first-order chi connectivity index (χ1) is 15.0. The smallest absolute Gasteiger partial charge is 0.245 e. The summed E-state index contributed by atoms with van der Waals surface area (Å²) in [7, 11) is 3.19. The number of amides is 2. The van der Waals surface area contributed by atoms with E-state index in [1.807, 2.05) is 44.2 Å². The van der Waals surface area contributed by atoms with Crippen molar-refractivity contribution in [3.8, 4) is 11.4 Å². The fraction of sp³-hybridized carbons (Fsp3) is 0.542. The van der Waals surface area contributed by atoms with E-state index in [1.165, 1.54) is 4.90 Å². The molecular formula is C24H36N4O4. The summed E-state index contributed by atoms with van der Waals surface area (Å²) in [6, 6.07) is 9.32. The molecule has 0 bridgehead atoms. The molecule has 0 radical (unpaired) electrons. The van der Waals surface area contributed by atoms with E-state index in [1.54, 1.807) is 18.9 Å². The van der Waals surface area contributed by atoms with Crippen LogP contribution in [0.5, 0.6) is 5.75 Å². The number of ether oxygens (including phenoxy) is 2. The standard InChI is InChI=1S/C24H36N4O4/c1-17(2)14-23(30)27(12-13-31-6)16-22(29)25-21-15-20(24(3,4)5)26-28(21)18-8-10-19(32-7)11-9-18/h8-11,15,17H,12-14,16H2,1-7H3,(H,25,29). The molecule has 2 amide bonds. The number of carbonyl (C=O) groups is 2. The summed E-state index contributed by atoms with van der Waals surface area (Å²) >= 11 is 0. The minimum atomic E-state index is -0.284. The van der Waals surface area contributed by atoms with Crippen molar-refractivity contribution in [1.29, 1.82) is 0 Å². The normalized spacial score (nSPS) is 11.5. The molecule has 0 fully saturated rings. The van der Waals surface area contributed by atoms with Gasteiger partial charge in [0, 0.05) is 31.6 Å². The summed E-state index contributed by atoms with van der Waals surface area (Å²) in [5.74, 6) is 1.15. The SMILES string of the molecule is COCCN(CC(=O)Nc1cc(C(C)(C)C)nn1-c1ccc(OC)cc1)C(=O)CC(C)C. The third kappa shape index (κ3) is 7.09. The van der Waals surface area contributed by atoms with Crippen LogP contribution in [-0.4, -0.2) is 60.4 Å². The Bertz CT molecular complexity index is 898. The number of benzene rings is 1. The van der Waals surface area contributed by atoms with Gasteiger partial charge in [0.15, 0.2) is 0 Å². The molecule has 1 heterocycles. The summed E-state index contributed by atoms with van der Waals surface area (Å²) in [5, 5.41) is 7.66. The Morgan fingerprint density at radius 2 is 1.81 bits per heavy atom. The average Bonchev–Trinajstić information content (AvgIpc) is 3.14. The van der Waals surface area contributed by atoms with Crippen LogP contribution in [0, 0.1) is 5.92 Å². The van der Waals surface area contributed by atoms with Gasteiger partial charge in [0.1, 0.15) is 11.6 Å². The minimum Gasteiger partial charge on any atom is -0.497 e. The fourth-order valence-electron chi connectivity index (χ4n) is 3.08. The number of nitrogens with zero attached hydrogens (tertiary/aromatic N) is 3. The first-order valence-electron chi connectivity index (χ1n) is 10.9. The molecule has 8 nitrogen and oxygen atoms in total. The van der Waals surface area contributed by atoms with Crippen molar-refractivity contribution in [2.45, 2.75) is 46.5 Å². The zero-order chi connectivity index (χ0) is 23.9. The molecule has 0 aliphatic heterocycles. The van der Waals surface area contributed by atoms with Gasteiger partial charge in [-0.2, -0.15) is 5.10 Å². The van der Waals surface area contributed by atoms with Crippen molar-refractivity contribution in [3.63, 3.8) is 0 Å². The molecule has 0 atom stereocenters. The van der Waals surface area contributed by atoms with Crippen molar-refractivity contribution in [2.24, 2.45) is 5.92 Å². The number of hydrogen-bond acceptors (Lipinski definition) is 5. The van der Waals surface area contributed by atoms with E-state index in [4.69, 9.17) is 14.6 Å². The Labute approximate surface area is 190 Å². The van der Waals surface area contributed by atoms with Gasteiger partial charge in [-0.15, -0.1) is 0 Å². The van der Waals surface area contributed by atoms with Crippen molar-refractivity contribution in [2.75, 3.05) is 39.2 Å².